The summed E-state index contributed by atoms with van der Waals surface area (Å²) in [6.07, 6.45) is 1.02. The van der Waals surface area contributed by atoms with E-state index in [1.165, 1.54) is 22.3 Å². The topological polar surface area (TPSA) is 52.0 Å². The minimum absolute atomic E-state index is 0.0531. The number of nitrogens with two attached hydrogens (primary N) is 2. The van der Waals surface area contributed by atoms with E-state index in [0.29, 0.717) is 0 Å². The highest BCUT2D eigenvalue weighted by atomic mass is 14.5. The van der Waals surface area contributed by atoms with Crippen LogP contribution in [0.2, 0.25) is 0 Å². The van der Waals surface area contributed by atoms with Gasteiger partial charge in [-0.15, -0.1) is 0 Å². The van der Waals surface area contributed by atoms with Crippen LogP contribution in [-0.4, -0.2) is 0 Å². The molecule has 0 saturated carbocycles. The van der Waals surface area contributed by atoms with Crippen LogP contribution in [0.4, 0.5) is 11.4 Å². The van der Waals surface area contributed by atoms with E-state index >= 15 is 0 Å². The summed E-state index contributed by atoms with van der Waals surface area (Å²) < 4.78 is 0. The molecule has 0 amide bonds. The lowest BCUT2D eigenvalue weighted by Crippen LogP contribution is -2.22. The molecule has 0 aliphatic carbocycles. The second-order valence-electron chi connectivity index (χ2n) is 8.09. The third kappa shape index (κ3) is 3.81. The summed E-state index contributed by atoms with van der Waals surface area (Å²) in [5, 5.41) is 0. The number of anilines is 2. The monoisotopic (exact) mass is 392 g/mol. The standard InChI is InChI=1S/C28H28N2/c1-3-28(2,24-14-10-20(11-15-24)22-6-4-8-26(29)18-22)25-16-12-21(13-17-25)23-7-5-9-27(30)19-23/h4-19H,3,29-30H2,1-2H3. The van der Waals surface area contributed by atoms with E-state index in [2.05, 4.69) is 74.5 Å². The van der Waals surface area contributed by atoms with E-state index in [-0.39, 0.29) is 5.41 Å². The van der Waals surface area contributed by atoms with Gasteiger partial charge in [0, 0.05) is 16.8 Å². The SMILES string of the molecule is CCC(C)(c1ccc(-c2cccc(N)c2)cc1)c1ccc(-c2cccc(N)c2)cc1. The summed E-state index contributed by atoms with van der Waals surface area (Å²) >= 11 is 0. The minimum atomic E-state index is -0.0531. The number of nitrogen functional groups attached to an aromatic ring is 2. The van der Waals surface area contributed by atoms with Crippen molar-refractivity contribution in [3.63, 3.8) is 0 Å². The quantitative estimate of drug-likeness (QED) is 0.363. The summed E-state index contributed by atoms with van der Waals surface area (Å²) in [6.45, 7) is 4.57. The molecule has 0 radical (unpaired) electrons. The van der Waals surface area contributed by atoms with Gasteiger partial charge in [0.15, 0.2) is 0 Å². The van der Waals surface area contributed by atoms with Gasteiger partial charge in [0.2, 0.25) is 0 Å². The average molecular weight is 393 g/mol. The molecule has 0 unspecified atom stereocenters. The maximum absolute atomic E-state index is 5.95. The van der Waals surface area contributed by atoms with Crippen LogP contribution >= 0.6 is 0 Å². The van der Waals surface area contributed by atoms with Crippen molar-refractivity contribution in [3.05, 3.63) is 108 Å². The Morgan fingerprint density at radius 2 is 0.967 bits per heavy atom. The van der Waals surface area contributed by atoms with Crippen LogP contribution in [0, 0.1) is 0 Å². The molecule has 4 N–H and O–H groups in total. The first-order valence-corrected chi connectivity index (χ1v) is 10.4. The Morgan fingerprint density at radius 3 is 1.30 bits per heavy atom. The molecule has 0 aliphatic rings. The van der Waals surface area contributed by atoms with Gasteiger partial charge in [0.25, 0.3) is 0 Å². The fourth-order valence-corrected chi connectivity index (χ4v) is 4.07. The third-order valence-corrected chi connectivity index (χ3v) is 6.19. The lowest BCUT2D eigenvalue weighted by atomic mass is 9.74. The second kappa shape index (κ2) is 8.08. The number of hydrogen-bond donors (Lipinski definition) is 2. The Labute approximate surface area is 179 Å². The normalized spacial score (nSPS) is 11.4. The molecular formula is C28H28N2. The zero-order chi connectivity index (χ0) is 21.1. The number of hydrogen-bond acceptors (Lipinski definition) is 2. The fourth-order valence-electron chi connectivity index (χ4n) is 4.07. The number of rotatable bonds is 5. The second-order valence-corrected chi connectivity index (χ2v) is 8.09. The zero-order valence-electron chi connectivity index (χ0n) is 17.6. The molecule has 0 atom stereocenters. The van der Waals surface area contributed by atoms with Gasteiger partial charge in [0.1, 0.15) is 0 Å². The van der Waals surface area contributed by atoms with E-state index in [0.717, 1.165) is 28.9 Å². The molecule has 2 heteroatoms. The Bertz CT molecular complexity index is 1050. The van der Waals surface area contributed by atoms with Crippen LogP contribution in [0.1, 0.15) is 31.4 Å². The molecule has 0 aromatic heterocycles. The lowest BCUT2D eigenvalue weighted by Gasteiger charge is -2.30. The Balaban J connectivity index is 1.64. The summed E-state index contributed by atoms with van der Waals surface area (Å²) in [7, 11) is 0. The van der Waals surface area contributed by atoms with E-state index in [1.54, 1.807) is 0 Å². The molecule has 0 bridgehead atoms. The zero-order valence-corrected chi connectivity index (χ0v) is 17.6. The highest BCUT2D eigenvalue weighted by Crippen LogP contribution is 2.37. The highest BCUT2D eigenvalue weighted by molar-refractivity contribution is 5.69. The number of benzene rings is 4. The van der Waals surface area contributed by atoms with Gasteiger partial charge in [-0.2, -0.15) is 0 Å². The molecule has 150 valence electrons. The van der Waals surface area contributed by atoms with Gasteiger partial charge >= 0.3 is 0 Å². The average Bonchev–Trinajstić information content (AvgIpc) is 2.79. The Hall–Kier alpha value is -3.52. The molecule has 30 heavy (non-hydrogen) atoms. The first-order valence-electron chi connectivity index (χ1n) is 10.4. The molecule has 0 heterocycles. The van der Waals surface area contributed by atoms with Crippen molar-refractivity contribution in [1.82, 2.24) is 0 Å². The summed E-state index contributed by atoms with van der Waals surface area (Å²) in [6, 6.07) is 33.8. The molecule has 4 aromatic rings. The molecule has 0 spiro atoms. The molecule has 0 saturated heterocycles. The van der Waals surface area contributed by atoms with E-state index in [9.17, 15) is 0 Å². The van der Waals surface area contributed by atoms with Gasteiger partial charge in [-0.25, -0.2) is 0 Å². The first kappa shape index (κ1) is 19.8. The molecule has 4 aromatic carbocycles. The maximum atomic E-state index is 5.95. The third-order valence-electron chi connectivity index (χ3n) is 6.19. The minimum Gasteiger partial charge on any atom is -0.399 e. The van der Waals surface area contributed by atoms with Crippen LogP contribution in [0.15, 0.2) is 97.1 Å². The highest BCUT2D eigenvalue weighted by Gasteiger charge is 2.26. The molecule has 0 fully saturated rings. The van der Waals surface area contributed by atoms with Gasteiger partial charge in [-0.3, -0.25) is 0 Å². The van der Waals surface area contributed by atoms with Crippen molar-refractivity contribution >= 4 is 11.4 Å². The van der Waals surface area contributed by atoms with E-state index < -0.39 is 0 Å². The van der Waals surface area contributed by atoms with Gasteiger partial charge in [0.05, 0.1) is 0 Å². The summed E-state index contributed by atoms with van der Waals surface area (Å²) in [5.41, 5.74) is 20.7. The Morgan fingerprint density at radius 1 is 0.567 bits per heavy atom. The van der Waals surface area contributed by atoms with Crippen LogP contribution < -0.4 is 11.5 Å². The van der Waals surface area contributed by atoms with Crippen molar-refractivity contribution in [3.8, 4) is 22.3 Å². The van der Waals surface area contributed by atoms with Crippen molar-refractivity contribution in [1.29, 1.82) is 0 Å². The van der Waals surface area contributed by atoms with Crippen molar-refractivity contribution in [2.24, 2.45) is 0 Å². The van der Waals surface area contributed by atoms with Crippen molar-refractivity contribution in [2.75, 3.05) is 11.5 Å². The lowest BCUT2D eigenvalue weighted by molar-refractivity contribution is 0.550. The summed E-state index contributed by atoms with van der Waals surface area (Å²) in [5.74, 6) is 0. The largest absolute Gasteiger partial charge is 0.399 e. The molecule has 4 rings (SSSR count). The van der Waals surface area contributed by atoms with Crippen LogP contribution in [0.5, 0.6) is 0 Å². The maximum Gasteiger partial charge on any atom is 0.0320 e. The predicted octanol–water partition coefficient (Wildman–Crippen LogP) is 6.90. The Kier molecular flexibility index (Phi) is 5.33. The van der Waals surface area contributed by atoms with Gasteiger partial charge in [-0.1, -0.05) is 86.6 Å². The smallest absolute Gasteiger partial charge is 0.0320 e. The van der Waals surface area contributed by atoms with Gasteiger partial charge in [-0.05, 0) is 64.1 Å². The van der Waals surface area contributed by atoms with Crippen molar-refractivity contribution < 1.29 is 0 Å². The molecule has 0 aliphatic heterocycles. The van der Waals surface area contributed by atoms with Crippen LogP contribution in [0.3, 0.4) is 0 Å². The molecule has 2 nitrogen and oxygen atoms in total. The van der Waals surface area contributed by atoms with Crippen LogP contribution in [-0.2, 0) is 5.41 Å². The molecular weight excluding hydrogens is 364 g/mol. The van der Waals surface area contributed by atoms with Gasteiger partial charge < -0.3 is 11.5 Å². The van der Waals surface area contributed by atoms with E-state index in [4.69, 9.17) is 11.5 Å². The first-order chi connectivity index (χ1) is 14.5. The van der Waals surface area contributed by atoms with Crippen LogP contribution in [0.25, 0.3) is 22.3 Å². The van der Waals surface area contributed by atoms with Crippen molar-refractivity contribution in [2.45, 2.75) is 25.7 Å². The predicted molar refractivity (Wildman–Crippen MR) is 129 cm³/mol. The fraction of sp³-hybridized carbons (Fsp3) is 0.143. The summed E-state index contributed by atoms with van der Waals surface area (Å²) in [4.78, 5) is 0. The van der Waals surface area contributed by atoms with E-state index in [1.807, 2.05) is 36.4 Å².